The highest BCUT2D eigenvalue weighted by molar-refractivity contribution is 7.92. The second-order valence-corrected chi connectivity index (χ2v) is 8.63. The summed E-state index contributed by atoms with van der Waals surface area (Å²) >= 11 is 0. The fourth-order valence-electron chi connectivity index (χ4n) is 3.34. The molecule has 120 valence electrons. The zero-order valence-corrected chi connectivity index (χ0v) is 14.3. The second-order valence-electron chi connectivity index (χ2n) is 6.29. The first-order valence-electron chi connectivity index (χ1n) is 8.50. The molecule has 0 heterocycles. The van der Waals surface area contributed by atoms with Crippen molar-refractivity contribution >= 4 is 9.84 Å². The van der Waals surface area contributed by atoms with Gasteiger partial charge in [-0.3, -0.25) is 0 Å². The van der Waals surface area contributed by atoms with Gasteiger partial charge >= 0.3 is 0 Å². The minimum Gasteiger partial charge on any atom is -0.313 e. The van der Waals surface area contributed by atoms with Crippen LogP contribution < -0.4 is 5.32 Å². The Morgan fingerprint density at radius 3 is 2.40 bits per heavy atom. The average molecular weight is 304 g/mol. The summed E-state index contributed by atoms with van der Waals surface area (Å²) in [6.45, 7) is 7.32. The van der Waals surface area contributed by atoms with Crippen molar-refractivity contribution in [3.05, 3.63) is 0 Å². The van der Waals surface area contributed by atoms with Crippen molar-refractivity contribution in [2.24, 2.45) is 5.92 Å². The lowest BCUT2D eigenvalue weighted by atomic mass is 9.83. The fourth-order valence-corrected chi connectivity index (χ4v) is 5.63. The number of unbranched alkanes of at least 4 members (excludes halogenated alkanes) is 1. The third-order valence-electron chi connectivity index (χ3n) is 4.50. The van der Waals surface area contributed by atoms with E-state index in [9.17, 15) is 8.42 Å². The van der Waals surface area contributed by atoms with Crippen molar-refractivity contribution in [2.75, 3.05) is 12.3 Å². The Labute approximate surface area is 125 Å². The predicted octanol–water partition coefficient (Wildman–Crippen LogP) is 3.54. The number of hydrogen-bond acceptors (Lipinski definition) is 3. The van der Waals surface area contributed by atoms with Crippen LogP contribution in [-0.4, -0.2) is 32.0 Å². The first-order valence-corrected chi connectivity index (χ1v) is 10.2. The Kier molecular flexibility index (Phi) is 8.11. The Hall–Kier alpha value is -0.0900. The first kappa shape index (κ1) is 18.0. The van der Waals surface area contributed by atoms with E-state index in [4.69, 9.17) is 0 Å². The maximum atomic E-state index is 12.6. The quantitative estimate of drug-likeness (QED) is 0.708. The molecule has 0 bridgehead atoms. The Balaban J connectivity index is 2.74. The molecule has 0 aromatic heterocycles. The van der Waals surface area contributed by atoms with E-state index in [0.29, 0.717) is 11.7 Å². The van der Waals surface area contributed by atoms with E-state index in [1.807, 2.05) is 0 Å². The van der Waals surface area contributed by atoms with Gasteiger partial charge < -0.3 is 5.32 Å². The van der Waals surface area contributed by atoms with E-state index in [1.54, 1.807) is 0 Å². The Morgan fingerprint density at radius 1 is 1.05 bits per heavy atom. The molecule has 0 amide bonds. The SMILES string of the molecule is CCCCS(=O)(=O)C1CC(CCC)CCC1NCCC. The summed E-state index contributed by atoms with van der Waals surface area (Å²) in [6.07, 6.45) is 8.27. The van der Waals surface area contributed by atoms with Gasteiger partial charge in [0.1, 0.15) is 0 Å². The Bertz CT molecular complexity index is 353. The summed E-state index contributed by atoms with van der Waals surface area (Å²) in [5, 5.41) is 3.34. The summed E-state index contributed by atoms with van der Waals surface area (Å²) in [7, 11) is -2.94. The van der Waals surface area contributed by atoms with Gasteiger partial charge in [0, 0.05) is 6.04 Å². The van der Waals surface area contributed by atoms with E-state index >= 15 is 0 Å². The molecular weight excluding hydrogens is 270 g/mol. The summed E-state index contributed by atoms with van der Waals surface area (Å²) in [5.41, 5.74) is 0. The molecule has 0 aliphatic heterocycles. The van der Waals surface area contributed by atoms with Gasteiger partial charge in [-0.15, -0.1) is 0 Å². The summed E-state index contributed by atoms with van der Waals surface area (Å²) in [5.74, 6) is 0.984. The highest BCUT2D eigenvalue weighted by Crippen LogP contribution is 2.32. The smallest absolute Gasteiger partial charge is 0.154 e. The van der Waals surface area contributed by atoms with E-state index in [2.05, 4.69) is 26.1 Å². The van der Waals surface area contributed by atoms with Crippen molar-refractivity contribution in [3.8, 4) is 0 Å². The standard InChI is InChI=1S/C16H33NO2S/c1-4-7-12-20(18,19)16-13-14(8-5-2)9-10-15(16)17-11-6-3/h14-17H,4-13H2,1-3H3. The number of nitrogens with one attached hydrogen (secondary N) is 1. The molecule has 1 fully saturated rings. The van der Waals surface area contributed by atoms with Crippen LogP contribution in [-0.2, 0) is 9.84 Å². The third-order valence-corrected chi connectivity index (χ3v) is 6.80. The van der Waals surface area contributed by atoms with Crippen LogP contribution in [0.3, 0.4) is 0 Å². The molecule has 0 aromatic carbocycles. The molecular formula is C16H33NO2S. The highest BCUT2D eigenvalue weighted by atomic mass is 32.2. The molecule has 20 heavy (non-hydrogen) atoms. The van der Waals surface area contributed by atoms with Gasteiger partial charge in [0.15, 0.2) is 9.84 Å². The molecule has 0 aromatic rings. The van der Waals surface area contributed by atoms with Crippen molar-refractivity contribution in [3.63, 3.8) is 0 Å². The van der Waals surface area contributed by atoms with Gasteiger partial charge in [-0.25, -0.2) is 8.42 Å². The zero-order valence-electron chi connectivity index (χ0n) is 13.5. The van der Waals surface area contributed by atoms with Crippen LogP contribution in [0.5, 0.6) is 0 Å². The minimum atomic E-state index is -2.94. The van der Waals surface area contributed by atoms with Gasteiger partial charge in [-0.2, -0.15) is 0 Å². The van der Waals surface area contributed by atoms with Gasteiger partial charge in [0.05, 0.1) is 11.0 Å². The zero-order chi connectivity index (χ0) is 15.0. The molecule has 4 heteroatoms. The molecule has 1 aliphatic rings. The first-order chi connectivity index (χ1) is 9.55. The van der Waals surface area contributed by atoms with Gasteiger partial charge in [-0.05, 0) is 44.6 Å². The number of sulfone groups is 1. The van der Waals surface area contributed by atoms with Crippen LogP contribution >= 0.6 is 0 Å². The molecule has 1 rings (SSSR count). The van der Waals surface area contributed by atoms with Crippen molar-refractivity contribution in [2.45, 2.75) is 83.4 Å². The van der Waals surface area contributed by atoms with Crippen molar-refractivity contribution in [1.29, 1.82) is 0 Å². The molecule has 3 nitrogen and oxygen atoms in total. The third kappa shape index (κ3) is 5.36. The van der Waals surface area contributed by atoms with Crippen LogP contribution in [0.2, 0.25) is 0 Å². The van der Waals surface area contributed by atoms with Crippen molar-refractivity contribution in [1.82, 2.24) is 5.32 Å². The summed E-state index contributed by atoms with van der Waals surface area (Å²) in [6, 6.07) is 0.185. The monoisotopic (exact) mass is 303 g/mol. The lowest BCUT2D eigenvalue weighted by molar-refractivity contribution is 0.280. The van der Waals surface area contributed by atoms with E-state index in [-0.39, 0.29) is 11.3 Å². The summed E-state index contributed by atoms with van der Waals surface area (Å²) in [4.78, 5) is 0. The van der Waals surface area contributed by atoms with Crippen LogP contribution in [0.1, 0.15) is 72.1 Å². The maximum absolute atomic E-state index is 12.6. The van der Waals surface area contributed by atoms with Gasteiger partial charge in [0.25, 0.3) is 0 Å². The molecule has 1 aliphatic carbocycles. The highest BCUT2D eigenvalue weighted by Gasteiger charge is 2.37. The molecule has 0 spiro atoms. The maximum Gasteiger partial charge on any atom is 0.154 e. The minimum absolute atomic E-state index is 0.147. The Morgan fingerprint density at radius 2 is 1.80 bits per heavy atom. The van der Waals surface area contributed by atoms with Crippen LogP contribution in [0.25, 0.3) is 0 Å². The lowest BCUT2D eigenvalue weighted by Crippen LogP contribution is -2.49. The topological polar surface area (TPSA) is 46.2 Å². The van der Waals surface area contributed by atoms with E-state index < -0.39 is 9.84 Å². The predicted molar refractivity (Wildman–Crippen MR) is 86.8 cm³/mol. The second kappa shape index (κ2) is 9.04. The van der Waals surface area contributed by atoms with Crippen LogP contribution in [0.15, 0.2) is 0 Å². The van der Waals surface area contributed by atoms with Crippen molar-refractivity contribution < 1.29 is 8.42 Å². The van der Waals surface area contributed by atoms with Gasteiger partial charge in [-0.1, -0.05) is 40.0 Å². The molecule has 3 unspecified atom stereocenters. The van der Waals surface area contributed by atoms with Crippen LogP contribution in [0, 0.1) is 5.92 Å². The van der Waals surface area contributed by atoms with Crippen LogP contribution in [0.4, 0.5) is 0 Å². The molecule has 0 radical (unpaired) electrons. The molecule has 0 saturated heterocycles. The number of rotatable bonds is 9. The summed E-state index contributed by atoms with van der Waals surface area (Å²) < 4.78 is 25.3. The lowest BCUT2D eigenvalue weighted by Gasteiger charge is -2.36. The number of hydrogen-bond donors (Lipinski definition) is 1. The fraction of sp³-hybridized carbons (Fsp3) is 1.00. The van der Waals surface area contributed by atoms with E-state index in [0.717, 1.165) is 38.6 Å². The average Bonchev–Trinajstić information content (AvgIpc) is 2.44. The van der Waals surface area contributed by atoms with Gasteiger partial charge in [0.2, 0.25) is 0 Å². The molecule has 1 N–H and O–H groups in total. The normalized spacial score (nSPS) is 27.6. The molecule has 3 atom stereocenters. The van der Waals surface area contributed by atoms with E-state index in [1.165, 1.54) is 19.3 Å². The largest absolute Gasteiger partial charge is 0.313 e. The molecule has 1 saturated carbocycles.